The largest absolute Gasteiger partial charge is 0.332 e. The van der Waals surface area contributed by atoms with E-state index in [0.29, 0.717) is 12.1 Å². The lowest BCUT2D eigenvalue weighted by Gasteiger charge is -2.30. The van der Waals surface area contributed by atoms with Crippen LogP contribution in [0.15, 0.2) is 12.4 Å². The molecule has 1 saturated carbocycles. The molecule has 0 bridgehead atoms. The van der Waals surface area contributed by atoms with Crippen LogP contribution in [0, 0.1) is 0 Å². The molecule has 0 aliphatic heterocycles. The van der Waals surface area contributed by atoms with Gasteiger partial charge in [0.15, 0.2) is 0 Å². The van der Waals surface area contributed by atoms with Crippen LogP contribution in [0.5, 0.6) is 0 Å². The first-order valence-electron chi connectivity index (χ1n) is 6.54. The van der Waals surface area contributed by atoms with Crippen LogP contribution in [-0.2, 0) is 6.42 Å². The minimum Gasteiger partial charge on any atom is -0.332 e. The van der Waals surface area contributed by atoms with Crippen molar-refractivity contribution in [3.63, 3.8) is 0 Å². The van der Waals surface area contributed by atoms with Gasteiger partial charge in [0.05, 0.1) is 0 Å². The second-order valence-electron chi connectivity index (χ2n) is 4.81. The summed E-state index contributed by atoms with van der Waals surface area (Å²) in [6.45, 7) is 2.22. The summed E-state index contributed by atoms with van der Waals surface area (Å²) in [7, 11) is 2.08. The summed E-state index contributed by atoms with van der Waals surface area (Å²) in [4.78, 5) is 4.47. The van der Waals surface area contributed by atoms with Gasteiger partial charge in [-0.3, -0.25) is 0 Å². The number of hydrogen-bond donors (Lipinski definition) is 1. The van der Waals surface area contributed by atoms with Gasteiger partial charge in [-0.1, -0.05) is 6.92 Å². The second kappa shape index (κ2) is 5.48. The molecule has 0 amide bonds. The summed E-state index contributed by atoms with van der Waals surface area (Å²) in [6, 6.07) is 1.35. The molecule has 1 aliphatic carbocycles. The van der Waals surface area contributed by atoms with Gasteiger partial charge in [0, 0.05) is 30.9 Å². The highest BCUT2D eigenvalue weighted by Gasteiger charge is 2.23. The van der Waals surface area contributed by atoms with E-state index in [1.807, 2.05) is 6.20 Å². The summed E-state index contributed by atoms with van der Waals surface area (Å²) < 4.78 is 2.41. The van der Waals surface area contributed by atoms with Crippen molar-refractivity contribution >= 4 is 0 Å². The maximum absolute atomic E-state index is 4.47. The standard InChI is InChI=1S/C13H23N3/c1-3-5-13-15-8-9-16(13)12-7-4-6-11(10-12)14-2/h8-9,11-12,14H,3-7,10H2,1-2H3. The molecule has 3 nitrogen and oxygen atoms in total. The number of nitrogens with zero attached hydrogens (tertiary/aromatic N) is 2. The van der Waals surface area contributed by atoms with Crippen molar-refractivity contribution in [1.29, 1.82) is 0 Å². The SMILES string of the molecule is CCCc1nccn1C1CCCC(NC)C1. The minimum absolute atomic E-state index is 0.662. The molecule has 2 unspecified atom stereocenters. The lowest BCUT2D eigenvalue weighted by molar-refractivity contribution is 0.289. The molecule has 0 saturated heterocycles. The topological polar surface area (TPSA) is 29.9 Å². The van der Waals surface area contributed by atoms with Crippen LogP contribution < -0.4 is 5.32 Å². The Morgan fingerprint density at radius 3 is 3.12 bits per heavy atom. The highest BCUT2D eigenvalue weighted by molar-refractivity contribution is 4.97. The van der Waals surface area contributed by atoms with Gasteiger partial charge < -0.3 is 9.88 Å². The fraction of sp³-hybridized carbons (Fsp3) is 0.769. The fourth-order valence-electron chi connectivity index (χ4n) is 2.77. The van der Waals surface area contributed by atoms with Crippen LogP contribution in [0.25, 0.3) is 0 Å². The summed E-state index contributed by atoms with van der Waals surface area (Å²) in [5.74, 6) is 1.27. The Labute approximate surface area is 98.3 Å². The van der Waals surface area contributed by atoms with Crippen LogP contribution in [0.2, 0.25) is 0 Å². The van der Waals surface area contributed by atoms with Crippen molar-refractivity contribution in [3.8, 4) is 0 Å². The summed E-state index contributed by atoms with van der Waals surface area (Å²) in [5, 5.41) is 3.41. The van der Waals surface area contributed by atoms with Crippen LogP contribution >= 0.6 is 0 Å². The maximum atomic E-state index is 4.47. The van der Waals surface area contributed by atoms with Crippen molar-refractivity contribution in [2.45, 2.75) is 57.5 Å². The van der Waals surface area contributed by atoms with Gasteiger partial charge in [0.1, 0.15) is 5.82 Å². The van der Waals surface area contributed by atoms with Gasteiger partial charge in [-0.25, -0.2) is 4.98 Å². The Morgan fingerprint density at radius 2 is 2.38 bits per heavy atom. The molecule has 1 N–H and O–H groups in total. The van der Waals surface area contributed by atoms with Gasteiger partial charge in [-0.05, 0) is 39.2 Å². The molecular weight excluding hydrogens is 198 g/mol. The summed E-state index contributed by atoms with van der Waals surface area (Å²) in [5.41, 5.74) is 0. The van der Waals surface area contributed by atoms with E-state index in [1.165, 1.54) is 37.9 Å². The van der Waals surface area contributed by atoms with Gasteiger partial charge in [-0.15, -0.1) is 0 Å². The van der Waals surface area contributed by atoms with Gasteiger partial charge >= 0.3 is 0 Å². The molecule has 0 radical (unpaired) electrons. The molecular formula is C13H23N3. The van der Waals surface area contributed by atoms with Crippen molar-refractivity contribution in [3.05, 3.63) is 18.2 Å². The smallest absolute Gasteiger partial charge is 0.108 e. The normalized spacial score (nSPS) is 25.9. The lowest BCUT2D eigenvalue weighted by atomic mass is 9.91. The number of aromatic nitrogens is 2. The van der Waals surface area contributed by atoms with Crippen LogP contribution in [0.1, 0.15) is 50.9 Å². The average Bonchev–Trinajstić information content (AvgIpc) is 2.78. The number of aryl methyl sites for hydroxylation is 1. The summed E-state index contributed by atoms with van der Waals surface area (Å²) >= 11 is 0. The molecule has 1 fully saturated rings. The van der Waals surface area contributed by atoms with E-state index in [2.05, 4.69) is 35.0 Å². The van der Waals surface area contributed by atoms with Crippen LogP contribution in [-0.4, -0.2) is 22.6 Å². The van der Waals surface area contributed by atoms with Gasteiger partial charge in [0.2, 0.25) is 0 Å². The summed E-state index contributed by atoms with van der Waals surface area (Å²) in [6.07, 6.45) is 11.6. The number of hydrogen-bond acceptors (Lipinski definition) is 2. The Kier molecular flexibility index (Phi) is 3.99. The van der Waals surface area contributed by atoms with Crippen molar-refractivity contribution in [2.75, 3.05) is 7.05 Å². The molecule has 0 aromatic carbocycles. The number of nitrogens with one attached hydrogen (secondary N) is 1. The van der Waals surface area contributed by atoms with E-state index in [1.54, 1.807) is 0 Å². The molecule has 2 rings (SSSR count). The highest BCUT2D eigenvalue weighted by Crippen LogP contribution is 2.29. The number of imidazole rings is 1. The zero-order chi connectivity index (χ0) is 11.4. The van der Waals surface area contributed by atoms with Crippen LogP contribution in [0.3, 0.4) is 0 Å². The molecule has 1 heterocycles. The molecule has 16 heavy (non-hydrogen) atoms. The van der Waals surface area contributed by atoms with Gasteiger partial charge in [0.25, 0.3) is 0 Å². The highest BCUT2D eigenvalue weighted by atomic mass is 15.1. The number of rotatable bonds is 4. The first kappa shape index (κ1) is 11.6. The second-order valence-corrected chi connectivity index (χ2v) is 4.81. The van der Waals surface area contributed by atoms with Crippen molar-refractivity contribution in [2.24, 2.45) is 0 Å². The van der Waals surface area contributed by atoms with E-state index >= 15 is 0 Å². The van der Waals surface area contributed by atoms with E-state index in [4.69, 9.17) is 0 Å². The van der Waals surface area contributed by atoms with Crippen molar-refractivity contribution in [1.82, 2.24) is 14.9 Å². The molecule has 90 valence electrons. The first-order chi connectivity index (χ1) is 7.85. The third kappa shape index (κ3) is 2.46. The van der Waals surface area contributed by atoms with E-state index < -0.39 is 0 Å². The minimum atomic E-state index is 0.662. The third-order valence-electron chi connectivity index (χ3n) is 3.67. The fourth-order valence-corrected chi connectivity index (χ4v) is 2.77. The molecule has 1 aromatic rings. The monoisotopic (exact) mass is 221 g/mol. The quantitative estimate of drug-likeness (QED) is 0.846. The lowest BCUT2D eigenvalue weighted by Crippen LogP contribution is -2.32. The zero-order valence-corrected chi connectivity index (χ0v) is 10.4. The van der Waals surface area contributed by atoms with Gasteiger partial charge in [-0.2, -0.15) is 0 Å². The Hall–Kier alpha value is -0.830. The van der Waals surface area contributed by atoms with E-state index in [-0.39, 0.29) is 0 Å². The predicted octanol–water partition coefficient (Wildman–Crippen LogP) is 2.54. The zero-order valence-electron chi connectivity index (χ0n) is 10.4. The Balaban J connectivity index is 2.07. The first-order valence-corrected chi connectivity index (χ1v) is 6.54. The van der Waals surface area contributed by atoms with E-state index in [0.717, 1.165) is 6.42 Å². The molecule has 1 aromatic heterocycles. The van der Waals surface area contributed by atoms with Crippen molar-refractivity contribution < 1.29 is 0 Å². The van der Waals surface area contributed by atoms with E-state index in [9.17, 15) is 0 Å². The van der Waals surface area contributed by atoms with Crippen LogP contribution in [0.4, 0.5) is 0 Å². The average molecular weight is 221 g/mol. The maximum Gasteiger partial charge on any atom is 0.108 e. The predicted molar refractivity (Wildman–Crippen MR) is 66.6 cm³/mol. The molecule has 1 aliphatic rings. The molecule has 0 spiro atoms. The Bertz CT molecular complexity index is 319. The molecule has 3 heteroatoms. The third-order valence-corrected chi connectivity index (χ3v) is 3.67. The Morgan fingerprint density at radius 1 is 1.50 bits per heavy atom. The molecule has 2 atom stereocenters.